The molecule has 0 radical (unpaired) electrons. The molecule has 0 saturated carbocycles. The minimum atomic E-state index is 0.0936. The number of amides is 1. The standard InChI is InChI=1S/C25H30N6O2/c1-17-20-10-11-23(32)31(16-19-7-4-5-9-22(19)33-3)25(20)28-24(27-17)21-8-6-12-30(21)15-18-13-26-29(2)14-18/h4-5,7,9,13-14,21H,6,8,10-12,15-16H2,1-3H3/t21-/m1/s1. The van der Waals surface area contributed by atoms with Crippen LogP contribution in [0.5, 0.6) is 5.75 Å². The number of rotatable bonds is 6. The second kappa shape index (κ2) is 8.94. The third kappa shape index (κ3) is 4.23. The maximum atomic E-state index is 13.0. The maximum absolute atomic E-state index is 13.0. The fourth-order valence-corrected chi connectivity index (χ4v) is 5.01. The molecule has 1 amide bonds. The third-order valence-electron chi connectivity index (χ3n) is 6.68. The summed E-state index contributed by atoms with van der Waals surface area (Å²) < 4.78 is 7.36. The van der Waals surface area contributed by atoms with Crippen molar-refractivity contribution in [1.82, 2.24) is 24.6 Å². The second-order valence-electron chi connectivity index (χ2n) is 8.91. The molecule has 8 nitrogen and oxygen atoms in total. The van der Waals surface area contributed by atoms with E-state index in [0.29, 0.717) is 19.4 Å². The van der Waals surface area contributed by atoms with E-state index in [2.05, 4.69) is 16.2 Å². The zero-order valence-electron chi connectivity index (χ0n) is 19.5. The number of fused-ring (bicyclic) bond motifs is 1. The van der Waals surface area contributed by atoms with Gasteiger partial charge in [0.1, 0.15) is 17.4 Å². The number of methoxy groups -OCH3 is 1. The Kier molecular flexibility index (Phi) is 5.85. The zero-order chi connectivity index (χ0) is 22.9. The molecule has 2 aliphatic rings. The van der Waals surface area contributed by atoms with Gasteiger partial charge in [-0.3, -0.25) is 19.3 Å². The highest BCUT2D eigenvalue weighted by molar-refractivity contribution is 5.95. The Balaban J connectivity index is 1.48. The Hall–Kier alpha value is -3.26. The van der Waals surface area contributed by atoms with E-state index in [4.69, 9.17) is 14.7 Å². The largest absolute Gasteiger partial charge is 0.496 e. The van der Waals surface area contributed by atoms with Gasteiger partial charge in [0.25, 0.3) is 0 Å². The number of hydrogen-bond acceptors (Lipinski definition) is 6. The molecule has 1 fully saturated rings. The molecule has 1 atom stereocenters. The van der Waals surface area contributed by atoms with Crippen LogP contribution >= 0.6 is 0 Å². The molecule has 172 valence electrons. The van der Waals surface area contributed by atoms with Crippen molar-refractivity contribution in [1.29, 1.82) is 0 Å². The minimum absolute atomic E-state index is 0.0936. The molecule has 1 saturated heterocycles. The van der Waals surface area contributed by atoms with E-state index >= 15 is 0 Å². The summed E-state index contributed by atoms with van der Waals surface area (Å²) in [5.74, 6) is 2.44. The van der Waals surface area contributed by atoms with Crippen molar-refractivity contribution in [3.63, 3.8) is 0 Å². The molecule has 4 heterocycles. The Bertz CT molecular complexity index is 1170. The van der Waals surface area contributed by atoms with Gasteiger partial charge in [-0.25, -0.2) is 9.97 Å². The van der Waals surface area contributed by atoms with Crippen molar-refractivity contribution in [3.8, 4) is 5.75 Å². The van der Waals surface area contributed by atoms with Crippen molar-refractivity contribution < 1.29 is 9.53 Å². The van der Waals surface area contributed by atoms with Crippen molar-refractivity contribution >= 4 is 11.7 Å². The first kappa shape index (κ1) is 21.6. The topological polar surface area (TPSA) is 76.4 Å². The van der Waals surface area contributed by atoms with Crippen LogP contribution in [0.3, 0.4) is 0 Å². The van der Waals surface area contributed by atoms with Crippen molar-refractivity contribution in [2.45, 2.75) is 51.7 Å². The first-order chi connectivity index (χ1) is 16.0. The molecule has 0 N–H and O–H groups in total. The van der Waals surface area contributed by atoms with E-state index in [1.807, 2.05) is 54.0 Å². The molecule has 33 heavy (non-hydrogen) atoms. The van der Waals surface area contributed by atoms with Crippen LogP contribution < -0.4 is 9.64 Å². The van der Waals surface area contributed by atoms with Crippen LogP contribution in [0.4, 0.5) is 5.82 Å². The zero-order valence-corrected chi connectivity index (χ0v) is 19.5. The molecular formula is C25H30N6O2. The van der Waals surface area contributed by atoms with Crippen LogP contribution in [0, 0.1) is 6.92 Å². The fourth-order valence-electron chi connectivity index (χ4n) is 5.01. The quantitative estimate of drug-likeness (QED) is 0.578. The van der Waals surface area contributed by atoms with E-state index in [0.717, 1.165) is 60.1 Å². The van der Waals surface area contributed by atoms with Gasteiger partial charge >= 0.3 is 0 Å². The summed E-state index contributed by atoms with van der Waals surface area (Å²) in [7, 11) is 3.60. The number of carbonyl (C=O) groups is 1. The third-order valence-corrected chi connectivity index (χ3v) is 6.68. The predicted molar refractivity (Wildman–Crippen MR) is 125 cm³/mol. The molecule has 0 unspecified atom stereocenters. The van der Waals surface area contributed by atoms with Crippen LogP contribution in [0.1, 0.15) is 53.5 Å². The Morgan fingerprint density at radius 2 is 2.00 bits per heavy atom. The first-order valence-corrected chi connectivity index (χ1v) is 11.5. The van der Waals surface area contributed by atoms with Gasteiger partial charge in [0.05, 0.1) is 25.9 Å². The summed E-state index contributed by atoms with van der Waals surface area (Å²) in [6.45, 7) is 4.31. The molecule has 0 aliphatic carbocycles. The van der Waals surface area contributed by atoms with Crippen LogP contribution in [0.2, 0.25) is 0 Å². The first-order valence-electron chi connectivity index (χ1n) is 11.5. The summed E-state index contributed by atoms with van der Waals surface area (Å²) in [6.07, 6.45) is 7.26. The molecule has 3 aromatic rings. The number of aryl methyl sites for hydroxylation is 2. The number of nitrogens with zero attached hydrogens (tertiary/aromatic N) is 6. The SMILES string of the molecule is COc1ccccc1CN1C(=O)CCc2c(C)nc([C@H]3CCCN3Cc3cnn(C)c3)nc21. The molecule has 0 bridgehead atoms. The van der Waals surface area contributed by atoms with Crippen LogP contribution in [-0.4, -0.2) is 44.2 Å². The molecule has 0 spiro atoms. The summed E-state index contributed by atoms with van der Waals surface area (Å²) in [5, 5.41) is 4.30. The Morgan fingerprint density at radius 3 is 2.79 bits per heavy atom. The van der Waals surface area contributed by atoms with Gasteiger partial charge in [0, 0.05) is 48.6 Å². The lowest BCUT2D eigenvalue weighted by Gasteiger charge is -2.31. The highest BCUT2D eigenvalue weighted by Gasteiger charge is 2.33. The van der Waals surface area contributed by atoms with E-state index in [9.17, 15) is 4.79 Å². The number of aromatic nitrogens is 4. The Labute approximate surface area is 194 Å². The molecule has 2 aliphatic heterocycles. The van der Waals surface area contributed by atoms with Gasteiger partial charge < -0.3 is 4.74 Å². The highest BCUT2D eigenvalue weighted by Crippen LogP contribution is 2.36. The number of anilines is 1. The summed E-state index contributed by atoms with van der Waals surface area (Å²) in [6, 6.07) is 7.98. The lowest BCUT2D eigenvalue weighted by molar-refractivity contribution is -0.119. The van der Waals surface area contributed by atoms with Crippen molar-refractivity contribution in [3.05, 3.63) is 64.9 Å². The van der Waals surface area contributed by atoms with E-state index in [-0.39, 0.29) is 11.9 Å². The number of benzene rings is 1. The van der Waals surface area contributed by atoms with E-state index < -0.39 is 0 Å². The van der Waals surface area contributed by atoms with Crippen LogP contribution in [-0.2, 0) is 31.4 Å². The van der Waals surface area contributed by atoms with Crippen LogP contribution in [0.15, 0.2) is 36.7 Å². The van der Waals surface area contributed by atoms with Crippen molar-refractivity contribution in [2.75, 3.05) is 18.6 Å². The van der Waals surface area contributed by atoms with Crippen molar-refractivity contribution in [2.24, 2.45) is 7.05 Å². The smallest absolute Gasteiger partial charge is 0.228 e. The van der Waals surface area contributed by atoms with Crippen LogP contribution in [0.25, 0.3) is 0 Å². The lowest BCUT2D eigenvalue weighted by atomic mass is 10.0. The number of likely N-dealkylation sites (tertiary alicyclic amines) is 1. The maximum Gasteiger partial charge on any atom is 0.228 e. The van der Waals surface area contributed by atoms with E-state index in [1.54, 1.807) is 7.11 Å². The summed E-state index contributed by atoms with van der Waals surface area (Å²) >= 11 is 0. The highest BCUT2D eigenvalue weighted by atomic mass is 16.5. The van der Waals surface area contributed by atoms with Gasteiger partial charge in [0.2, 0.25) is 5.91 Å². The molecule has 8 heteroatoms. The van der Waals surface area contributed by atoms with Gasteiger partial charge in [-0.1, -0.05) is 18.2 Å². The summed E-state index contributed by atoms with van der Waals surface area (Å²) in [4.78, 5) is 27.2. The molecule has 1 aromatic carbocycles. The normalized spacial score (nSPS) is 18.6. The lowest BCUT2D eigenvalue weighted by Crippen LogP contribution is -2.37. The minimum Gasteiger partial charge on any atom is -0.496 e. The Morgan fingerprint density at radius 1 is 1.15 bits per heavy atom. The monoisotopic (exact) mass is 446 g/mol. The second-order valence-corrected chi connectivity index (χ2v) is 8.91. The van der Waals surface area contributed by atoms with Gasteiger partial charge in [-0.2, -0.15) is 5.10 Å². The number of para-hydroxylation sites is 1. The average Bonchev–Trinajstić information content (AvgIpc) is 3.44. The fraction of sp³-hybridized carbons (Fsp3) is 0.440. The number of hydrogen-bond donors (Lipinski definition) is 0. The van der Waals surface area contributed by atoms with E-state index in [1.165, 1.54) is 5.56 Å². The van der Waals surface area contributed by atoms with Gasteiger partial charge in [-0.05, 0) is 38.8 Å². The number of ether oxygens (including phenoxy) is 1. The van der Waals surface area contributed by atoms with Gasteiger partial charge in [0.15, 0.2) is 0 Å². The predicted octanol–water partition coefficient (Wildman–Crippen LogP) is 3.34. The molecule has 2 aromatic heterocycles. The van der Waals surface area contributed by atoms with Gasteiger partial charge in [-0.15, -0.1) is 0 Å². The average molecular weight is 447 g/mol. The number of carbonyl (C=O) groups excluding carboxylic acids is 1. The molecule has 5 rings (SSSR count). The molecular weight excluding hydrogens is 416 g/mol. The summed E-state index contributed by atoms with van der Waals surface area (Å²) in [5.41, 5.74) is 4.20.